The number of fused-ring (bicyclic) bond motifs is 1. The number of benzene rings is 2. The van der Waals surface area contributed by atoms with Gasteiger partial charge in [0.15, 0.2) is 0 Å². The molecule has 0 atom stereocenters. The van der Waals surface area contributed by atoms with E-state index in [4.69, 9.17) is 4.74 Å². The van der Waals surface area contributed by atoms with Gasteiger partial charge in [0.1, 0.15) is 5.75 Å². The number of ether oxygens (including phenoxy) is 1. The third kappa shape index (κ3) is 5.33. The van der Waals surface area contributed by atoms with E-state index in [2.05, 4.69) is 5.32 Å². The molecule has 1 N–H and O–H groups in total. The summed E-state index contributed by atoms with van der Waals surface area (Å²) in [6.45, 7) is 3.50. The third-order valence-electron chi connectivity index (χ3n) is 4.77. The number of hydrogen-bond acceptors (Lipinski definition) is 4. The van der Waals surface area contributed by atoms with Crippen molar-refractivity contribution in [1.82, 2.24) is 9.62 Å². The van der Waals surface area contributed by atoms with E-state index in [1.807, 2.05) is 55.5 Å². The maximum atomic E-state index is 12.6. The molecule has 0 aliphatic carbocycles. The number of carbonyl (C=O) groups excluding carboxylic acids is 1. The van der Waals surface area contributed by atoms with E-state index in [9.17, 15) is 13.2 Å². The van der Waals surface area contributed by atoms with Crippen molar-refractivity contribution in [2.24, 2.45) is 0 Å². The Morgan fingerprint density at radius 2 is 1.82 bits per heavy atom. The van der Waals surface area contributed by atoms with E-state index in [0.29, 0.717) is 19.7 Å². The molecule has 2 aromatic rings. The van der Waals surface area contributed by atoms with Crippen LogP contribution in [0.25, 0.3) is 0 Å². The molecule has 6 nitrogen and oxygen atoms in total. The highest BCUT2D eigenvalue weighted by Gasteiger charge is 2.26. The van der Waals surface area contributed by atoms with Crippen LogP contribution < -0.4 is 10.1 Å². The summed E-state index contributed by atoms with van der Waals surface area (Å²) in [7, 11) is -3.40. The lowest BCUT2D eigenvalue weighted by Crippen LogP contribution is -2.40. The summed E-state index contributed by atoms with van der Waals surface area (Å²) in [5.74, 6) is 0.480. The zero-order valence-corrected chi connectivity index (χ0v) is 16.9. The molecule has 2 aromatic carbocycles. The van der Waals surface area contributed by atoms with Gasteiger partial charge in [-0.05, 0) is 42.2 Å². The molecule has 3 rings (SSSR count). The van der Waals surface area contributed by atoms with Gasteiger partial charge in [-0.2, -0.15) is 4.31 Å². The van der Waals surface area contributed by atoms with Crippen molar-refractivity contribution in [3.05, 3.63) is 65.2 Å². The molecular weight excluding hydrogens is 376 g/mol. The number of sulfonamides is 1. The van der Waals surface area contributed by atoms with Gasteiger partial charge in [0, 0.05) is 19.6 Å². The van der Waals surface area contributed by atoms with Gasteiger partial charge in [-0.1, -0.05) is 36.4 Å². The van der Waals surface area contributed by atoms with Crippen molar-refractivity contribution in [2.45, 2.75) is 26.3 Å². The van der Waals surface area contributed by atoms with Crippen LogP contribution in [0.4, 0.5) is 0 Å². The molecule has 0 saturated carbocycles. The number of amides is 1. The highest BCUT2D eigenvalue weighted by atomic mass is 32.2. The van der Waals surface area contributed by atoms with E-state index in [-0.39, 0.29) is 24.6 Å². The molecule has 0 unspecified atom stereocenters. The first kappa shape index (κ1) is 20.4. The van der Waals surface area contributed by atoms with Crippen molar-refractivity contribution in [3.8, 4) is 5.75 Å². The van der Waals surface area contributed by atoms with Crippen molar-refractivity contribution in [3.63, 3.8) is 0 Å². The Balaban J connectivity index is 1.46. The first-order valence-corrected chi connectivity index (χ1v) is 11.1. The maximum absolute atomic E-state index is 12.6. The molecule has 0 saturated heterocycles. The van der Waals surface area contributed by atoms with Crippen LogP contribution in [0, 0.1) is 0 Å². The fraction of sp³-hybridized carbons (Fsp3) is 0.381. The highest BCUT2D eigenvalue weighted by Crippen LogP contribution is 2.20. The second kappa shape index (κ2) is 9.21. The number of nitrogens with one attached hydrogen (secondary N) is 1. The van der Waals surface area contributed by atoms with Gasteiger partial charge in [0.05, 0.1) is 18.8 Å². The molecule has 1 amide bonds. The van der Waals surface area contributed by atoms with Crippen LogP contribution in [0.15, 0.2) is 48.5 Å². The molecule has 28 heavy (non-hydrogen) atoms. The Bertz CT molecular complexity index is 910. The molecule has 0 radical (unpaired) electrons. The van der Waals surface area contributed by atoms with E-state index in [1.54, 1.807) is 0 Å². The number of hydrogen-bond donors (Lipinski definition) is 1. The predicted molar refractivity (Wildman–Crippen MR) is 109 cm³/mol. The Labute approximate surface area is 166 Å². The predicted octanol–water partition coefficient (Wildman–Crippen LogP) is 2.13. The third-order valence-corrected chi connectivity index (χ3v) is 6.59. The fourth-order valence-electron chi connectivity index (χ4n) is 3.27. The van der Waals surface area contributed by atoms with Gasteiger partial charge in [-0.3, -0.25) is 4.79 Å². The van der Waals surface area contributed by atoms with Crippen LogP contribution in [-0.2, 0) is 34.2 Å². The largest absolute Gasteiger partial charge is 0.494 e. The summed E-state index contributed by atoms with van der Waals surface area (Å²) in [6, 6.07) is 15.2. The summed E-state index contributed by atoms with van der Waals surface area (Å²) in [6.07, 6.45) is 0.934. The zero-order valence-electron chi connectivity index (χ0n) is 16.1. The molecular formula is C21H26N2O4S. The SMILES string of the molecule is CCOc1ccc(CC(=O)NCCS(=O)(=O)N2CCc3ccccc3C2)cc1. The second-order valence-corrected chi connectivity index (χ2v) is 8.86. The molecule has 0 spiro atoms. The number of rotatable bonds is 8. The quantitative estimate of drug-likeness (QED) is 0.734. The summed E-state index contributed by atoms with van der Waals surface area (Å²) in [5.41, 5.74) is 3.12. The van der Waals surface area contributed by atoms with E-state index < -0.39 is 10.0 Å². The maximum Gasteiger partial charge on any atom is 0.224 e. The van der Waals surface area contributed by atoms with Gasteiger partial charge in [-0.25, -0.2) is 8.42 Å². The van der Waals surface area contributed by atoms with Crippen LogP contribution in [-0.4, -0.2) is 44.1 Å². The minimum absolute atomic E-state index is 0.0931. The Morgan fingerprint density at radius 1 is 1.11 bits per heavy atom. The van der Waals surface area contributed by atoms with Crippen LogP contribution in [0.1, 0.15) is 23.6 Å². The van der Waals surface area contributed by atoms with Crippen molar-refractivity contribution in [1.29, 1.82) is 0 Å². The lowest BCUT2D eigenvalue weighted by Gasteiger charge is -2.28. The topological polar surface area (TPSA) is 75.7 Å². The van der Waals surface area contributed by atoms with Gasteiger partial charge in [0.2, 0.25) is 15.9 Å². The van der Waals surface area contributed by atoms with Crippen molar-refractivity contribution >= 4 is 15.9 Å². The van der Waals surface area contributed by atoms with E-state index >= 15 is 0 Å². The molecule has 1 aliphatic rings. The van der Waals surface area contributed by atoms with Crippen LogP contribution in [0.5, 0.6) is 5.75 Å². The Morgan fingerprint density at radius 3 is 2.54 bits per heavy atom. The van der Waals surface area contributed by atoms with Gasteiger partial charge < -0.3 is 10.1 Å². The van der Waals surface area contributed by atoms with E-state index in [0.717, 1.165) is 23.3 Å². The summed E-state index contributed by atoms with van der Waals surface area (Å²) in [5, 5.41) is 2.71. The Kier molecular flexibility index (Phi) is 6.70. The normalized spacial score (nSPS) is 14.3. The first-order valence-electron chi connectivity index (χ1n) is 9.51. The van der Waals surface area contributed by atoms with Crippen LogP contribution in [0.2, 0.25) is 0 Å². The molecule has 150 valence electrons. The van der Waals surface area contributed by atoms with Gasteiger partial charge in [0.25, 0.3) is 0 Å². The van der Waals surface area contributed by atoms with Crippen LogP contribution >= 0.6 is 0 Å². The summed E-state index contributed by atoms with van der Waals surface area (Å²) in [4.78, 5) is 12.1. The molecule has 1 aliphatic heterocycles. The summed E-state index contributed by atoms with van der Waals surface area (Å²) >= 11 is 0. The molecule has 0 aromatic heterocycles. The molecule has 0 fully saturated rings. The number of carbonyl (C=O) groups is 1. The molecule has 1 heterocycles. The van der Waals surface area contributed by atoms with Gasteiger partial charge in [-0.15, -0.1) is 0 Å². The highest BCUT2D eigenvalue weighted by molar-refractivity contribution is 7.89. The standard InChI is InChI=1S/C21H26N2O4S/c1-2-27-20-9-7-17(8-10-20)15-21(24)22-12-14-28(25,26)23-13-11-18-5-3-4-6-19(18)16-23/h3-10H,2,11-16H2,1H3,(H,22,24). The average molecular weight is 403 g/mol. The minimum Gasteiger partial charge on any atom is -0.494 e. The summed E-state index contributed by atoms with van der Waals surface area (Å²) < 4.78 is 32.1. The van der Waals surface area contributed by atoms with Crippen molar-refractivity contribution in [2.75, 3.05) is 25.4 Å². The smallest absolute Gasteiger partial charge is 0.224 e. The van der Waals surface area contributed by atoms with E-state index in [1.165, 1.54) is 9.87 Å². The minimum atomic E-state index is -3.40. The second-order valence-electron chi connectivity index (χ2n) is 6.77. The van der Waals surface area contributed by atoms with Gasteiger partial charge >= 0.3 is 0 Å². The fourth-order valence-corrected chi connectivity index (χ4v) is 4.60. The molecule has 0 bridgehead atoms. The Hall–Kier alpha value is -2.38. The molecule has 7 heteroatoms. The lowest BCUT2D eigenvalue weighted by atomic mass is 10.0. The zero-order chi connectivity index (χ0) is 20.0. The monoisotopic (exact) mass is 402 g/mol. The van der Waals surface area contributed by atoms with Crippen LogP contribution in [0.3, 0.4) is 0 Å². The lowest BCUT2D eigenvalue weighted by molar-refractivity contribution is -0.120. The number of nitrogens with zero attached hydrogens (tertiary/aromatic N) is 1. The van der Waals surface area contributed by atoms with Crippen molar-refractivity contribution < 1.29 is 17.9 Å². The average Bonchev–Trinajstić information content (AvgIpc) is 2.69. The first-order chi connectivity index (χ1) is 13.5.